The molecule has 18 heavy (non-hydrogen) atoms. The van der Waals surface area contributed by atoms with E-state index in [2.05, 4.69) is 15.9 Å². The lowest BCUT2D eigenvalue weighted by atomic mass is 9.94. The molecule has 1 saturated carbocycles. The number of carbonyl (C=O) groups is 1. The lowest BCUT2D eigenvalue weighted by Gasteiger charge is -2.31. The molecule has 1 aliphatic rings. The van der Waals surface area contributed by atoms with Crippen LogP contribution in [0.1, 0.15) is 42.5 Å². The summed E-state index contributed by atoms with van der Waals surface area (Å²) in [6, 6.07) is 5.75. The molecule has 0 aromatic heterocycles. The van der Waals surface area contributed by atoms with Gasteiger partial charge in [0.05, 0.1) is 5.02 Å². The van der Waals surface area contributed by atoms with Gasteiger partial charge in [0.1, 0.15) is 0 Å². The Morgan fingerprint density at radius 2 is 2.00 bits per heavy atom. The number of halogens is 2. The van der Waals surface area contributed by atoms with E-state index in [1.54, 1.807) is 6.07 Å². The first-order chi connectivity index (χ1) is 8.59. The highest BCUT2D eigenvalue weighted by Gasteiger charge is 2.23. The molecule has 0 radical (unpaired) electrons. The van der Waals surface area contributed by atoms with Crippen molar-refractivity contribution in [1.82, 2.24) is 4.90 Å². The van der Waals surface area contributed by atoms with Gasteiger partial charge in [-0.05, 0) is 47.0 Å². The Bertz CT molecular complexity index is 443. The number of nitrogens with zero attached hydrogens (tertiary/aromatic N) is 1. The molecule has 4 heteroatoms. The molecule has 98 valence electrons. The highest BCUT2D eigenvalue weighted by Crippen LogP contribution is 2.26. The van der Waals surface area contributed by atoms with E-state index >= 15 is 0 Å². The Balaban J connectivity index is 2.11. The van der Waals surface area contributed by atoms with Crippen LogP contribution in [0.4, 0.5) is 0 Å². The van der Waals surface area contributed by atoms with Crippen LogP contribution in [0.2, 0.25) is 5.02 Å². The highest BCUT2D eigenvalue weighted by atomic mass is 79.9. The minimum atomic E-state index is 0.0660. The summed E-state index contributed by atoms with van der Waals surface area (Å²) in [6.07, 6.45) is 5.98. The van der Waals surface area contributed by atoms with Crippen molar-refractivity contribution in [3.05, 3.63) is 33.3 Å². The molecule has 2 rings (SSSR count). The zero-order chi connectivity index (χ0) is 13.1. The minimum absolute atomic E-state index is 0.0660. The van der Waals surface area contributed by atoms with Crippen LogP contribution in [0, 0.1) is 0 Å². The fourth-order valence-electron chi connectivity index (χ4n) is 2.47. The summed E-state index contributed by atoms with van der Waals surface area (Å²) in [4.78, 5) is 14.2. The molecule has 0 unspecified atom stereocenters. The Morgan fingerprint density at radius 3 is 2.61 bits per heavy atom. The van der Waals surface area contributed by atoms with Crippen LogP contribution in [0.25, 0.3) is 0 Å². The van der Waals surface area contributed by atoms with Crippen LogP contribution in [-0.2, 0) is 0 Å². The Hall–Kier alpha value is -0.540. The summed E-state index contributed by atoms with van der Waals surface area (Å²) in [7, 11) is 1.90. The third-order valence-corrected chi connectivity index (χ3v) is 4.84. The number of carbonyl (C=O) groups excluding carboxylic acids is 1. The summed E-state index contributed by atoms with van der Waals surface area (Å²) in [5.41, 5.74) is 0.663. The molecule has 0 N–H and O–H groups in total. The van der Waals surface area contributed by atoms with Crippen LogP contribution >= 0.6 is 27.5 Å². The molecule has 0 heterocycles. The minimum Gasteiger partial charge on any atom is -0.339 e. The van der Waals surface area contributed by atoms with E-state index in [4.69, 9.17) is 11.6 Å². The molecule has 1 amide bonds. The first-order valence-corrected chi connectivity index (χ1v) is 7.49. The van der Waals surface area contributed by atoms with Crippen molar-refractivity contribution in [1.29, 1.82) is 0 Å². The SMILES string of the molecule is CN(C(=O)c1ccc(Br)c(Cl)c1)C1CCCCC1. The lowest BCUT2D eigenvalue weighted by Crippen LogP contribution is -2.38. The van der Waals surface area contributed by atoms with Gasteiger partial charge in [-0.15, -0.1) is 0 Å². The maximum absolute atomic E-state index is 12.4. The van der Waals surface area contributed by atoms with Gasteiger partial charge in [0.15, 0.2) is 0 Å². The molecule has 0 atom stereocenters. The molecule has 0 spiro atoms. The van der Waals surface area contributed by atoms with Gasteiger partial charge in [-0.1, -0.05) is 30.9 Å². The predicted octanol–water partition coefficient (Wildman–Crippen LogP) is 4.51. The van der Waals surface area contributed by atoms with Crippen LogP contribution < -0.4 is 0 Å². The van der Waals surface area contributed by atoms with E-state index in [-0.39, 0.29) is 5.91 Å². The number of hydrogen-bond acceptors (Lipinski definition) is 1. The summed E-state index contributed by atoms with van der Waals surface area (Å²) in [5, 5.41) is 0.581. The Labute approximate surface area is 121 Å². The largest absolute Gasteiger partial charge is 0.339 e. The van der Waals surface area contributed by atoms with Crippen LogP contribution in [-0.4, -0.2) is 23.9 Å². The van der Waals surface area contributed by atoms with Gasteiger partial charge < -0.3 is 4.90 Å². The average Bonchev–Trinajstić information content (AvgIpc) is 2.41. The van der Waals surface area contributed by atoms with E-state index in [1.807, 2.05) is 24.1 Å². The third-order valence-electron chi connectivity index (χ3n) is 3.61. The van der Waals surface area contributed by atoms with Crippen molar-refractivity contribution < 1.29 is 4.79 Å². The summed E-state index contributed by atoms with van der Waals surface area (Å²) in [6.45, 7) is 0. The van der Waals surface area contributed by atoms with Crippen molar-refractivity contribution in [2.24, 2.45) is 0 Å². The fraction of sp³-hybridized carbons (Fsp3) is 0.500. The fourth-order valence-corrected chi connectivity index (χ4v) is 2.89. The number of benzene rings is 1. The van der Waals surface area contributed by atoms with E-state index in [9.17, 15) is 4.79 Å². The van der Waals surface area contributed by atoms with Gasteiger partial charge in [-0.25, -0.2) is 0 Å². The zero-order valence-electron chi connectivity index (χ0n) is 10.5. The highest BCUT2D eigenvalue weighted by molar-refractivity contribution is 9.10. The Morgan fingerprint density at radius 1 is 1.33 bits per heavy atom. The Kier molecular flexibility index (Phi) is 4.68. The summed E-state index contributed by atoms with van der Waals surface area (Å²) < 4.78 is 0.820. The van der Waals surface area contributed by atoms with Crippen molar-refractivity contribution in [2.45, 2.75) is 38.1 Å². The maximum Gasteiger partial charge on any atom is 0.253 e. The molecule has 0 aliphatic heterocycles. The van der Waals surface area contributed by atoms with Crippen molar-refractivity contribution in [3.8, 4) is 0 Å². The first kappa shape index (κ1) is 13.9. The molecule has 0 saturated heterocycles. The monoisotopic (exact) mass is 329 g/mol. The van der Waals surface area contributed by atoms with Gasteiger partial charge in [0.25, 0.3) is 5.91 Å². The second kappa shape index (κ2) is 6.07. The molecule has 2 nitrogen and oxygen atoms in total. The molecular weight excluding hydrogens is 314 g/mol. The first-order valence-electron chi connectivity index (χ1n) is 6.32. The summed E-state index contributed by atoms with van der Waals surface area (Å²) >= 11 is 9.37. The van der Waals surface area contributed by atoms with Crippen LogP contribution in [0.3, 0.4) is 0 Å². The average molecular weight is 331 g/mol. The quantitative estimate of drug-likeness (QED) is 0.781. The molecular formula is C14H17BrClNO. The van der Waals surface area contributed by atoms with Gasteiger partial charge in [0, 0.05) is 23.1 Å². The smallest absolute Gasteiger partial charge is 0.253 e. The van der Waals surface area contributed by atoms with E-state index in [0.717, 1.165) is 17.3 Å². The predicted molar refractivity (Wildman–Crippen MR) is 78.1 cm³/mol. The lowest BCUT2D eigenvalue weighted by molar-refractivity contribution is 0.0696. The zero-order valence-corrected chi connectivity index (χ0v) is 12.8. The van der Waals surface area contributed by atoms with E-state index in [1.165, 1.54) is 19.3 Å². The summed E-state index contributed by atoms with van der Waals surface area (Å²) in [5.74, 6) is 0.0660. The molecule has 1 aromatic rings. The molecule has 1 fully saturated rings. The van der Waals surface area contributed by atoms with Crippen molar-refractivity contribution in [3.63, 3.8) is 0 Å². The normalized spacial score (nSPS) is 16.6. The number of rotatable bonds is 2. The molecule has 0 bridgehead atoms. The van der Waals surface area contributed by atoms with Crippen LogP contribution in [0.15, 0.2) is 22.7 Å². The van der Waals surface area contributed by atoms with Gasteiger partial charge >= 0.3 is 0 Å². The number of amides is 1. The van der Waals surface area contributed by atoms with Crippen LogP contribution in [0.5, 0.6) is 0 Å². The third kappa shape index (κ3) is 3.07. The van der Waals surface area contributed by atoms with E-state index in [0.29, 0.717) is 16.6 Å². The standard InChI is InChI=1S/C14H17BrClNO/c1-17(11-5-3-2-4-6-11)14(18)10-7-8-12(15)13(16)9-10/h7-9,11H,2-6H2,1H3. The second-order valence-electron chi connectivity index (χ2n) is 4.84. The van der Waals surface area contributed by atoms with Gasteiger partial charge in [0.2, 0.25) is 0 Å². The maximum atomic E-state index is 12.4. The molecule has 1 aliphatic carbocycles. The second-order valence-corrected chi connectivity index (χ2v) is 6.10. The molecule has 1 aromatic carbocycles. The van der Waals surface area contributed by atoms with Gasteiger partial charge in [-0.3, -0.25) is 4.79 Å². The topological polar surface area (TPSA) is 20.3 Å². The van der Waals surface area contributed by atoms with Crippen molar-refractivity contribution >= 4 is 33.4 Å². The van der Waals surface area contributed by atoms with Crippen molar-refractivity contribution in [2.75, 3.05) is 7.05 Å². The van der Waals surface area contributed by atoms with Gasteiger partial charge in [-0.2, -0.15) is 0 Å². The van der Waals surface area contributed by atoms with E-state index < -0.39 is 0 Å². The number of hydrogen-bond donors (Lipinski definition) is 0.